The number of nitrogens with one attached hydrogen (secondary N) is 1. The molecular weight excluding hydrogens is 311 g/mol. The topological polar surface area (TPSA) is 115 Å². The predicted molar refractivity (Wildman–Crippen MR) is 80.0 cm³/mol. The van der Waals surface area contributed by atoms with Gasteiger partial charge in [0.1, 0.15) is 0 Å². The molecule has 120 valence electrons. The summed E-state index contributed by atoms with van der Waals surface area (Å²) in [7, 11) is 0. The molecule has 1 aromatic heterocycles. The van der Waals surface area contributed by atoms with Crippen LogP contribution in [0.25, 0.3) is 0 Å². The number of anilines is 1. The van der Waals surface area contributed by atoms with Crippen LogP contribution in [0.3, 0.4) is 0 Å². The Labute approximate surface area is 129 Å². The molecule has 7 nitrogen and oxygen atoms in total. The molecule has 2 aromatic rings. The van der Waals surface area contributed by atoms with E-state index >= 15 is 0 Å². The normalized spacial score (nSPS) is 13.0. The van der Waals surface area contributed by atoms with Gasteiger partial charge < -0.3 is 16.8 Å². The molecule has 23 heavy (non-hydrogen) atoms. The van der Waals surface area contributed by atoms with Gasteiger partial charge in [-0.05, 0) is 24.3 Å². The van der Waals surface area contributed by atoms with Crippen molar-refractivity contribution in [2.45, 2.75) is 6.18 Å². The first kappa shape index (κ1) is 16.2. The van der Waals surface area contributed by atoms with E-state index in [0.717, 1.165) is 12.1 Å². The Balaban J connectivity index is 2.06. The van der Waals surface area contributed by atoms with Gasteiger partial charge in [0.05, 0.1) is 11.8 Å². The molecule has 0 aliphatic rings. The Morgan fingerprint density at radius 3 is 2.35 bits per heavy atom. The van der Waals surface area contributed by atoms with Crippen molar-refractivity contribution in [1.82, 2.24) is 9.97 Å². The number of rotatable bonds is 2. The van der Waals surface area contributed by atoms with Crippen molar-refractivity contribution in [2.75, 3.05) is 5.32 Å². The zero-order valence-electron chi connectivity index (χ0n) is 11.6. The molecule has 0 saturated heterocycles. The zero-order valence-corrected chi connectivity index (χ0v) is 11.6. The van der Waals surface area contributed by atoms with Crippen LogP contribution in [0.2, 0.25) is 0 Å². The molecule has 2 rings (SSSR count). The van der Waals surface area contributed by atoms with Crippen LogP contribution in [0.15, 0.2) is 52.8 Å². The number of hydrogen-bond acceptors (Lipinski definition) is 3. The van der Waals surface area contributed by atoms with Gasteiger partial charge in [0.2, 0.25) is 11.9 Å². The van der Waals surface area contributed by atoms with Crippen molar-refractivity contribution in [1.29, 1.82) is 0 Å². The largest absolute Gasteiger partial charge is 0.416 e. The Morgan fingerprint density at radius 1 is 1.09 bits per heavy atom. The average molecular weight is 323 g/mol. The van der Waals surface area contributed by atoms with Crippen LogP contribution >= 0.6 is 0 Å². The number of guanidine groups is 2. The summed E-state index contributed by atoms with van der Waals surface area (Å²) in [6, 6.07) is 4.29. The highest BCUT2D eigenvalue weighted by Gasteiger charge is 2.29. The summed E-state index contributed by atoms with van der Waals surface area (Å²) in [6.07, 6.45) is -0.119. The van der Waals surface area contributed by atoms with E-state index < -0.39 is 11.7 Å². The Morgan fingerprint density at radius 2 is 1.78 bits per heavy atom. The lowest BCUT2D eigenvalue weighted by Gasteiger charge is -2.08. The number of aromatic nitrogens is 2. The lowest BCUT2D eigenvalue weighted by atomic mass is 10.2. The predicted octanol–water partition coefficient (Wildman–Crippen LogP) is 1.87. The van der Waals surface area contributed by atoms with Crippen molar-refractivity contribution in [3.8, 4) is 0 Å². The molecule has 0 atom stereocenters. The maximum absolute atomic E-state index is 12.4. The van der Waals surface area contributed by atoms with Crippen LogP contribution in [0.5, 0.6) is 0 Å². The molecule has 0 aliphatic carbocycles. The molecule has 10 heteroatoms. The number of halogens is 3. The maximum atomic E-state index is 12.4. The fourth-order valence-electron chi connectivity index (χ4n) is 1.53. The summed E-state index contributed by atoms with van der Waals surface area (Å²) in [6.45, 7) is 0. The van der Waals surface area contributed by atoms with E-state index in [4.69, 9.17) is 11.5 Å². The van der Waals surface area contributed by atoms with E-state index in [9.17, 15) is 13.2 Å². The molecule has 0 bridgehead atoms. The van der Waals surface area contributed by atoms with Gasteiger partial charge >= 0.3 is 6.18 Å². The Bertz CT molecular complexity index is 709. The molecule has 1 aromatic carbocycles. The molecule has 0 saturated carbocycles. The number of alkyl halides is 3. The van der Waals surface area contributed by atoms with Crippen LogP contribution in [0, 0.1) is 0 Å². The number of benzene rings is 1. The van der Waals surface area contributed by atoms with E-state index in [0.29, 0.717) is 5.69 Å². The number of nitrogens with zero attached hydrogens (tertiary/aromatic N) is 4. The first-order valence-corrected chi connectivity index (χ1v) is 6.23. The van der Waals surface area contributed by atoms with Crippen molar-refractivity contribution in [3.05, 3.63) is 48.4 Å². The molecule has 0 amide bonds. The SMILES string of the molecule is NC(=Nc1cnccn1)N=C(N)Nc1ccc(C(F)(F)F)cc1. The number of aliphatic imine (C=N–C) groups is 2. The van der Waals surface area contributed by atoms with Gasteiger partial charge in [-0.2, -0.15) is 23.2 Å². The molecule has 5 N–H and O–H groups in total. The first-order valence-electron chi connectivity index (χ1n) is 6.23. The molecule has 0 spiro atoms. The minimum atomic E-state index is -4.40. The lowest BCUT2D eigenvalue weighted by Crippen LogP contribution is -2.26. The van der Waals surface area contributed by atoms with Gasteiger partial charge in [-0.1, -0.05) is 0 Å². The Hall–Kier alpha value is -3.17. The van der Waals surface area contributed by atoms with Gasteiger partial charge in [-0.25, -0.2) is 4.98 Å². The highest BCUT2D eigenvalue weighted by atomic mass is 19.4. The van der Waals surface area contributed by atoms with E-state index in [1.54, 1.807) is 0 Å². The van der Waals surface area contributed by atoms with Crippen molar-refractivity contribution in [3.63, 3.8) is 0 Å². The lowest BCUT2D eigenvalue weighted by molar-refractivity contribution is -0.137. The minimum absolute atomic E-state index is 0.130. The maximum Gasteiger partial charge on any atom is 0.416 e. The fourth-order valence-corrected chi connectivity index (χ4v) is 1.53. The summed E-state index contributed by atoms with van der Waals surface area (Å²) in [5.41, 5.74) is 10.7. The van der Waals surface area contributed by atoms with Gasteiger partial charge in [-0.3, -0.25) is 4.98 Å². The molecule has 0 fully saturated rings. The quantitative estimate of drug-likeness (QED) is 0.576. The third-order valence-electron chi connectivity index (χ3n) is 2.50. The van der Waals surface area contributed by atoms with Crippen LogP contribution in [-0.2, 0) is 6.18 Å². The van der Waals surface area contributed by atoms with Gasteiger partial charge in [0.15, 0.2) is 5.82 Å². The summed E-state index contributed by atoms with van der Waals surface area (Å²) < 4.78 is 37.3. The van der Waals surface area contributed by atoms with Crippen LogP contribution in [-0.4, -0.2) is 21.9 Å². The van der Waals surface area contributed by atoms with E-state index in [2.05, 4.69) is 25.3 Å². The number of nitrogens with two attached hydrogens (primary N) is 2. The van der Waals surface area contributed by atoms with Gasteiger partial charge in [0.25, 0.3) is 0 Å². The smallest absolute Gasteiger partial charge is 0.369 e. The van der Waals surface area contributed by atoms with E-state index in [1.165, 1.54) is 30.7 Å². The van der Waals surface area contributed by atoms with Crippen molar-refractivity contribution >= 4 is 23.4 Å². The van der Waals surface area contributed by atoms with Gasteiger partial charge in [-0.15, -0.1) is 0 Å². The van der Waals surface area contributed by atoms with Crippen LogP contribution in [0.1, 0.15) is 5.56 Å². The molecule has 0 unspecified atom stereocenters. The van der Waals surface area contributed by atoms with Crippen LogP contribution in [0.4, 0.5) is 24.7 Å². The minimum Gasteiger partial charge on any atom is -0.369 e. The molecule has 0 aliphatic heterocycles. The van der Waals surface area contributed by atoms with Gasteiger partial charge in [0, 0.05) is 18.1 Å². The fraction of sp³-hybridized carbons (Fsp3) is 0.0769. The zero-order chi connectivity index (χ0) is 16.9. The highest BCUT2D eigenvalue weighted by Crippen LogP contribution is 2.29. The summed E-state index contributed by atoms with van der Waals surface area (Å²) in [4.78, 5) is 15.3. The van der Waals surface area contributed by atoms with Crippen molar-refractivity contribution in [2.24, 2.45) is 21.5 Å². The second-order valence-corrected chi connectivity index (χ2v) is 4.23. The van der Waals surface area contributed by atoms with Crippen molar-refractivity contribution < 1.29 is 13.2 Å². The average Bonchev–Trinajstić information content (AvgIpc) is 2.47. The Kier molecular flexibility index (Phi) is 4.74. The van der Waals surface area contributed by atoms with E-state index in [1.807, 2.05) is 0 Å². The first-order chi connectivity index (χ1) is 10.8. The second kappa shape index (κ2) is 6.73. The van der Waals surface area contributed by atoms with Crippen LogP contribution < -0.4 is 16.8 Å². The van der Waals surface area contributed by atoms with E-state index in [-0.39, 0.29) is 17.7 Å². The highest BCUT2D eigenvalue weighted by molar-refractivity contribution is 6.01. The monoisotopic (exact) mass is 323 g/mol. The third-order valence-corrected chi connectivity index (χ3v) is 2.50. The third kappa shape index (κ3) is 4.95. The second-order valence-electron chi connectivity index (χ2n) is 4.23. The number of hydrogen-bond donors (Lipinski definition) is 3. The summed E-state index contributed by atoms with van der Waals surface area (Å²) in [5, 5.41) is 2.60. The summed E-state index contributed by atoms with van der Waals surface area (Å²) >= 11 is 0. The molecule has 0 radical (unpaired) electrons. The molecular formula is C13H12F3N7. The molecule has 1 heterocycles. The summed E-state index contributed by atoms with van der Waals surface area (Å²) in [5.74, 6) is -0.0617. The standard InChI is InChI=1S/C13H12F3N7/c14-13(15,16)8-1-3-9(4-2-8)21-11(17)23-12(18)22-10-7-19-5-6-20-10/h1-7H,(H5,17,18,20,21,22,23).